The van der Waals surface area contributed by atoms with E-state index in [2.05, 4.69) is 25.0 Å². The third-order valence-electron chi connectivity index (χ3n) is 7.83. The van der Waals surface area contributed by atoms with E-state index in [1.54, 1.807) is 6.07 Å². The number of piperidine rings is 1. The molecule has 0 spiro atoms. The summed E-state index contributed by atoms with van der Waals surface area (Å²) in [4.78, 5) is 21.6. The van der Waals surface area contributed by atoms with Gasteiger partial charge >= 0.3 is 0 Å². The second-order valence-electron chi connectivity index (χ2n) is 10.8. The zero-order valence-electron chi connectivity index (χ0n) is 20.9. The van der Waals surface area contributed by atoms with Gasteiger partial charge in [0.05, 0.1) is 5.69 Å². The van der Waals surface area contributed by atoms with Gasteiger partial charge in [-0.3, -0.25) is 4.79 Å². The smallest absolute Gasteiger partial charge is 0.291 e. The minimum Gasteiger partial charge on any atom is -0.342 e. The molecule has 194 valence electrons. The quantitative estimate of drug-likeness (QED) is 0.479. The fraction of sp³-hybridized carbons (Fsp3) is 0.615. The van der Waals surface area contributed by atoms with E-state index in [0.717, 1.165) is 75.9 Å². The first-order valence-corrected chi connectivity index (χ1v) is 13.0. The van der Waals surface area contributed by atoms with Crippen molar-refractivity contribution in [1.29, 1.82) is 0 Å². The van der Waals surface area contributed by atoms with E-state index in [-0.39, 0.29) is 36.0 Å². The Morgan fingerprint density at radius 2 is 1.92 bits per heavy atom. The van der Waals surface area contributed by atoms with Gasteiger partial charge in [-0.2, -0.15) is 14.8 Å². The number of rotatable bonds is 6. The van der Waals surface area contributed by atoms with Gasteiger partial charge in [0.2, 0.25) is 11.8 Å². The number of amides is 1. The van der Waals surface area contributed by atoms with Crippen molar-refractivity contribution in [2.75, 3.05) is 32.7 Å². The van der Waals surface area contributed by atoms with E-state index in [0.29, 0.717) is 29.2 Å². The Hall–Kier alpha value is -2.52. The van der Waals surface area contributed by atoms with Crippen LogP contribution in [-0.2, 0) is 4.79 Å². The summed E-state index contributed by atoms with van der Waals surface area (Å²) in [5.74, 6) is 2.16. The summed E-state index contributed by atoms with van der Waals surface area (Å²) in [7, 11) is 0. The van der Waals surface area contributed by atoms with E-state index >= 15 is 0 Å². The topological polar surface area (TPSA) is 80.3 Å². The van der Waals surface area contributed by atoms with Gasteiger partial charge < -0.3 is 14.3 Å². The summed E-state index contributed by atoms with van der Waals surface area (Å²) >= 11 is 0. The van der Waals surface area contributed by atoms with Crippen molar-refractivity contribution in [3.05, 3.63) is 35.6 Å². The van der Waals surface area contributed by atoms with Crippen LogP contribution in [0.15, 0.2) is 22.7 Å². The van der Waals surface area contributed by atoms with E-state index in [1.165, 1.54) is 10.7 Å². The molecule has 0 radical (unpaired) electrons. The maximum Gasteiger partial charge on any atom is 0.291 e. The molecule has 1 amide bonds. The lowest BCUT2D eigenvalue weighted by Crippen LogP contribution is -2.38. The van der Waals surface area contributed by atoms with E-state index in [9.17, 15) is 9.18 Å². The first-order chi connectivity index (χ1) is 17.0. The highest BCUT2D eigenvalue weighted by atomic mass is 35.5. The normalized spacial score (nSPS) is 21.4. The SMILES string of the molecule is CC(C)c1nn(-c2noc(C3CCN(C[C@@H]4CCN(C(=O)C5CC5)C4)CC3)n2)c2c(F)cccc12.Cl. The number of likely N-dealkylation sites (tertiary alicyclic amines) is 2. The van der Waals surface area contributed by atoms with Crippen LogP contribution in [0.4, 0.5) is 4.39 Å². The number of carbonyl (C=O) groups is 1. The van der Waals surface area contributed by atoms with Crippen LogP contribution >= 0.6 is 12.4 Å². The monoisotopic (exact) mass is 516 g/mol. The second-order valence-corrected chi connectivity index (χ2v) is 10.8. The molecule has 4 heterocycles. The highest BCUT2D eigenvalue weighted by molar-refractivity contribution is 5.85. The predicted octanol–water partition coefficient (Wildman–Crippen LogP) is 4.53. The van der Waals surface area contributed by atoms with Gasteiger partial charge in [-0.1, -0.05) is 26.0 Å². The third-order valence-corrected chi connectivity index (χ3v) is 7.83. The predicted molar refractivity (Wildman–Crippen MR) is 136 cm³/mol. The molecule has 36 heavy (non-hydrogen) atoms. The lowest BCUT2D eigenvalue weighted by Gasteiger charge is -2.32. The molecule has 1 saturated carbocycles. The van der Waals surface area contributed by atoms with E-state index in [4.69, 9.17) is 4.52 Å². The number of nitrogens with zero attached hydrogens (tertiary/aromatic N) is 6. The summed E-state index contributed by atoms with van der Waals surface area (Å²) in [6.07, 6.45) is 5.16. The molecule has 3 aliphatic rings. The third kappa shape index (κ3) is 4.75. The number of fused-ring (bicyclic) bond motifs is 1. The van der Waals surface area contributed by atoms with Crippen LogP contribution in [0.2, 0.25) is 0 Å². The van der Waals surface area contributed by atoms with Crippen LogP contribution in [0.1, 0.15) is 69.4 Å². The molecule has 3 aromatic rings. The molecule has 2 aromatic heterocycles. The number of aromatic nitrogens is 4. The molecular formula is C26H34ClFN6O2. The molecule has 10 heteroatoms. The summed E-state index contributed by atoms with van der Waals surface area (Å²) in [5.41, 5.74) is 1.22. The number of para-hydroxylation sites is 1. The van der Waals surface area contributed by atoms with Crippen LogP contribution < -0.4 is 0 Å². The molecule has 2 saturated heterocycles. The highest BCUT2D eigenvalue weighted by Crippen LogP contribution is 2.34. The Balaban J connectivity index is 0.00000267. The van der Waals surface area contributed by atoms with Crippen LogP contribution in [0.25, 0.3) is 16.9 Å². The molecule has 2 aliphatic heterocycles. The van der Waals surface area contributed by atoms with Crippen LogP contribution in [0, 0.1) is 17.7 Å². The van der Waals surface area contributed by atoms with Crippen LogP contribution in [0.3, 0.4) is 0 Å². The number of hydrogen-bond donors (Lipinski definition) is 0. The molecule has 1 atom stereocenters. The van der Waals surface area contributed by atoms with Crippen molar-refractivity contribution in [3.8, 4) is 5.95 Å². The Labute approximate surface area is 216 Å². The Morgan fingerprint density at radius 1 is 1.14 bits per heavy atom. The molecular weight excluding hydrogens is 483 g/mol. The van der Waals surface area contributed by atoms with Crippen molar-refractivity contribution in [1.82, 2.24) is 29.7 Å². The lowest BCUT2D eigenvalue weighted by atomic mass is 9.95. The van der Waals surface area contributed by atoms with Crippen LogP contribution in [0.5, 0.6) is 0 Å². The number of hydrogen-bond acceptors (Lipinski definition) is 6. The fourth-order valence-electron chi connectivity index (χ4n) is 5.70. The summed E-state index contributed by atoms with van der Waals surface area (Å²) in [5, 5.41) is 9.59. The van der Waals surface area contributed by atoms with Gasteiger partial charge in [-0.05, 0) is 68.3 Å². The average Bonchev–Trinajstić information content (AvgIpc) is 3.23. The van der Waals surface area contributed by atoms with Crippen molar-refractivity contribution in [2.24, 2.45) is 11.8 Å². The van der Waals surface area contributed by atoms with Gasteiger partial charge in [0.15, 0.2) is 0 Å². The summed E-state index contributed by atoms with van der Waals surface area (Å²) in [6.45, 7) is 8.92. The lowest BCUT2D eigenvalue weighted by molar-refractivity contribution is -0.131. The molecule has 3 fully saturated rings. The maximum atomic E-state index is 14.7. The molecule has 8 nitrogen and oxygen atoms in total. The van der Waals surface area contributed by atoms with Crippen LogP contribution in [-0.4, -0.2) is 68.4 Å². The first kappa shape index (κ1) is 25.1. The zero-order chi connectivity index (χ0) is 24.1. The first-order valence-electron chi connectivity index (χ1n) is 13.0. The second kappa shape index (κ2) is 10.1. The largest absolute Gasteiger partial charge is 0.342 e. The van der Waals surface area contributed by atoms with Gasteiger partial charge in [0.1, 0.15) is 11.3 Å². The molecule has 0 bridgehead atoms. The van der Waals surface area contributed by atoms with Crippen molar-refractivity contribution >= 4 is 29.2 Å². The van der Waals surface area contributed by atoms with E-state index in [1.807, 2.05) is 19.9 Å². The van der Waals surface area contributed by atoms with Gasteiger partial charge in [0.25, 0.3) is 5.95 Å². The Kier molecular flexibility index (Phi) is 7.05. The van der Waals surface area contributed by atoms with Crippen molar-refractivity contribution < 1.29 is 13.7 Å². The zero-order valence-corrected chi connectivity index (χ0v) is 21.7. The highest BCUT2D eigenvalue weighted by Gasteiger charge is 2.37. The average molecular weight is 517 g/mol. The molecule has 0 N–H and O–H groups in total. The standard InChI is InChI=1S/C26H33FN6O2.ClH/c1-16(2)22-20-4-3-5-21(27)23(20)33(29-22)26-28-24(35-30-26)18-9-11-31(12-10-18)14-17-8-13-32(15-17)25(34)19-6-7-19;/h3-5,16-19H,6-15H2,1-2H3;1H/t17-;/m0./s1. The van der Waals surface area contributed by atoms with Gasteiger partial charge in [-0.25, -0.2) is 4.39 Å². The molecule has 1 aliphatic carbocycles. The van der Waals surface area contributed by atoms with Crippen molar-refractivity contribution in [3.63, 3.8) is 0 Å². The summed E-state index contributed by atoms with van der Waals surface area (Å²) < 4.78 is 21.8. The number of halogens is 2. The minimum atomic E-state index is -0.342. The van der Waals surface area contributed by atoms with Gasteiger partial charge in [0, 0.05) is 36.9 Å². The maximum absolute atomic E-state index is 14.7. The van der Waals surface area contributed by atoms with Gasteiger partial charge in [-0.15, -0.1) is 12.4 Å². The number of carbonyl (C=O) groups excluding carboxylic acids is 1. The number of benzene rings is 1. The van der Waals surface area contributed by atoms with E-state index < -0.39 is 0 Å². The van der Waals surface area contributed by atoms with Crippen molar-refractivity contribution in [2.45, 2.75) is 57.8 Å². The fourth-order valence-corrected chi connectivity index (χ4v) is 5.70. The summed E-state index contributed by atoms with van der Waals surface area (Å²) in [6, 6.07) is 5.03. The molecule has 0 unspecified atom stereocenters. The molecule has 1 aromatic carbocycles. The minimum absolute atomic E-state index is 0. The Morgan fingerprint density at radius 3 is 2.64 bits per heavy atom. The molecule has 6 rings (SSSR count). The Bertz CT molecular complexity index is 1230.